The molecule has 1 heterocycles. The third-order valence-corrected chi connectivity index (χ3v) is 5.49. The van der Waals surface area contributed by atoms with Crippen molar-refractivity contribution < 1.29 is 13.2 Å². The monoisotopic (exact) mass is 355 g/mol. The fourth-order valence-corrected chi connectivity index (χ4v) is 4.11. The van der Waals surface area contributed by atoms with Crippen LogP contribution in [0.15, 0.2) is 20.1 Å². The third-order valence-electron chi connectivity index (χ3n) is 1.91. The van der Waals surface area contributed by atoms with E-state index in [1.807, 2.05) is 0 Å². The van der Waals surface area contributed by atoms with Gasteiger partial charge in [-0.25, -0.2) is 17.9 Å². The molecule has 0 aliphatic carbocycles. The number of carbonyl (C=O) groups excluding carboxylic acids is 1. The average molecular weight is 356 g/mol. The number of rotatable bonds is 5. The van der Waals surface area contributed by atoms with Crippen molar-refractivity contribution in [3.05, 3.63) is 15.9 Å². The van der Waals surface area contributed by atoms with Crippen LogP contribution in [-0.4, -0.2) is 46.5 Å². The number of urea groups is 1. The van der Waals surface area contributed by atoms with Gasteiger partial charge in [0.05, 0.1) is 3.79 Å². The van der Waals surface area contributed by atoms with Crippen molar-refractivity contribution in [3.8, 4) is 0 Å². The molecule has 0 saturated heterocycles. The van der Waals surface area contributed by atoms with Crippen molar-refractivity contribution in [2.24, 2.45) is 0 Å². The molecule has 0 saturated carbocycles. The van der Waals surface area contributed by atoms with Crippen molar-refractivity contribution >= 4 is 43.3 Å². The molecule has 18 heavy (non-hydrogen) atoms. The molecule has 1 rings (SSSR count). The summed E-state index contributed by atoms with van der Waals surface area (Å²) < 4.78 is 27.0. The van der Waals surface area contributed by atoms with Gasteiger partial charge in [-0.3, -0.25) is 0 Å². The second-order valence-corrected chi connectivity index (χ2v) is 8.04. The molecule has 0 fully saturated rings. The summed E-state index contributed by atoms with van der Waals surface area (Å²) >= 11 is 4.34. The average Bonchev–Trinajstić information content (AvgIpc) is 2.71. The van der Waals surface area contributed by atoms with Gasteiger partial charge in [0, 0.05) is 27.2 Å². The van der Waals surface area contributed by atoms with Gasteiger partial charge in [0.15, 0.2) is 0 Å². The number of amides is 2. The standard InChI is InChI=1S/C9H14BrN3O3S2/c1-13(2)9(14)11-5-6-12-18(15,16)8-4-3-7(10)17-8/h3-4,12H,5-6H2,1-2H3,(H,11,14). The Hall–Kier alpha value is -0.640. The van der Waals surface area contributed by atoms with E-state index in [9.17, 15) is 13.2 Å². The zero-order valence-electron chi connectivity index (χ0n) is 9.94. The fourth-order valence-electron chi connectivity index (χ4n) is 1.03. The van der Waals surface area contributed by atoms with E-state index in [0.29, 0.717) is 0 Å². The van der Waals surface area contributed by atoms with Crippen molar-refractivity contribution in [3.63, 3.8) is 0 Å². The highest BCUT2D eigenvalue weighted by Crippen LogP contribution is 2.25. The van der Waals surface area contributed by atoms with Crippen molar-refractivity contribution in [1.82, 2.24) is 14.9 Å². The van der Waals surface area contributed by atoms with E-state index in [1.54, 1.807) is 20.2 Å². The van der Waals surface area contributed by atoms with Crippen molar-refractivity contribution in [2.75, 3.05) is 27.2 Å². The highest BCUT2D eigenvalue weighted by atomic mass is 79.9. The van der Waals surface area contributed by atoms with E-state index in [4.69, 9.17) is 0 Å². The predicted molar refractivity (Wildman–Crippen MR) is 74.3 cm³/mol. The number of sulfonamides is 1. The molecule has 9 heteroatoms. The summed E-state index contributed by atoms with van der Waals surface area (Å²) in [5, 5.41) is 2.57. The third kappa shape index (κ3) is 4.56. The Morgan fingerprint density at radius 3 is 2.56 bits per heavy atom. The Bertz CT molecular complexity index is 513. The van der Waals surface area contributed by atoms with Gasteiger partial charge >= 0.3 is 6.03 Å². The normalized spacial score (nSPS) is 11.3. The first-order valence-electron chi connectivity index (χ1n) is 5.03. The first kappa shape index (κ1) is 15.4. The van der Waals surface area contributed by atoms with Gasteiger partial charge in [0.1, 0.15) is 4.21 Å². The van der Waals surface area contributed by atoms with Crippen molar-refractivity contribution in [1.29, 1.82) is 0 Å². The van der Waals surface area contributed by atoms with Crippen LogP contribution >= 0.6 is 27.3 Å². The highest BCUT2D eigenvalue weighted by molar-refractivity contribution is 9.11. The molecule has 1 aromatic heterocycles. The fraction of sp³-hybridized carbons (Fsp3) is 0.444. The molecule has 0 atom stereocenters. The Morgan fingerprint density at radius 1 is 1.39 bits per heavy atom. The molecule has 1 aromatic rings. The van der Waals surface area contributed by atoms with E-state index in [2.05, 4.69) is 26.0 Å². The summed E-state index contributed by atoms with van der Waals surface area (Å²) in [7, 11) is -0.256. The lowest BCUT2D eigenvalue weighted by Crippen LogP contribution is -2.39. The zero-order chi connectivity index (χ0) is 13.8. The van der Waals surface area contributed by atoms with Crippen LogP contribution in [0.1, 0.15) is 0 Å². The zero-order valence-corrected chi connectivity index (χ0v) is 13.2. The van der Waals surface area contributed by atoms with Crippen LogP contribution < -0.4 is 10.0 Å². The van der Waals surface area contributed by atoms with Gasteiger partial charge < -0.3 is 10.2 Å². The summed E-state index contributed by atoms with van der Waals surface area (Å²) in [5.74, 6) is 0. The Morgan fingerprint density at radius 2 is 2.06 bits per heavy atom. The second kappa shape index (κ2) is 6.50. The number of nitrogens with zero attached hydrogens (tertiary/aromatic N) is 1. The molecule has 0 aliphatic heterocycles. The maximum atomic E-state index is 11.8. The Kier molecular flexibility index (Phi) is 5.57. The SMILES string of the molecule is CN(C)C(=O)NCCNS(=O)(=O)c1ccc(Br)s1. The van der Waals surface area contributed by atoms with Crippen LogP contribution in [0.3, 0.4) is 0 Å². The molecule has 0 spiro atoms. The summed E-state index contributed by atoms with van der Waals surface area (Å²) in [6.45, 7) is 0.389. The van der Waals surface area contributed by atoms with Crippen LogP contribution in [0.25, 0.3) is 0 Å². The van der Waals surface area contributed by atoms with Crippen LogP contribution in [0.2, 0.25) is 0 Å². The predicted octanol–water partition coefficient (Wildman–Crippen LogP) is 1.06. The summed E-state index contributed by atoms with van der Waals surface area (Å²) in [4.78, 5) is 12.6. The summed E-state index contributed by atoms with van der Waals surface area (Å²) in [6.07, 6.45) is 0. The Labute approximate surface area is 119 Å². The van der Waals surface area contributed by atoms with Gasteiger partial charge in [-0.05, 0) is 28.1 Å². The largest absolute Gasteiger partial charge is 0.337 e. The van der Waals surface area contributed by atoms with Gasteiger partial charge in [0.2, 0.25) is 10.0 Å². The lowest BCUT2D eigenvalue weighted by Gasteiger charge is -2.12. The molecule has 0 radical (unpaired) electrons. The molecule has 0 unspecified atom stereocenters. The first-order valence-corrected chi connectivity index (χ1v) is 8.12. The van der Waals surface area contributed by atoms with Gasteiger partial charge in [0.25, 0.3) is 0 Å². The lowest BCUT2D eigenvalue weighted by atomic mass is 10.6. The smallest absolute Gasteiger partial charge is 0.316 e. The number of hydrogen-bond donors (Lipinski definition) is 2. The van der Waals surface area contributed by atoms with E-state index in [1.165, 1.54) is 11.0 Å². The Balaban J connectivity index is 2.42. The summed E-state index contributed by atoms with van der Waals surface area (Å²) in [5.41, 5.74) is 0. The molecule has 6 nitrogen and oxygen atoms in total. The number of carbonyl (C=O) groups is 1. The number of hydrogen-bond acceptors (Lipinski definition) is 4. The van der Waals surface area contributed by atoms with Crippen LogP contribution in [-0.2, 0) is 10.0 Å². The van der Waals surface area contributed by atoms with E-state index in [-0.39, 0.29) is 23.3 Å². The first-order chi connectivity index (χ1) is 8.33. The summed E-state index contributed by atoms with van der Waals surface area (Å²) in [6, 6.07) is 2.94. The van der Waals surface area contributed by atoms with Gasteiger partial charge in [-0.15, -0.1) is 11.3 Å². The number of thiophene rings is 1. The quantitative estimate of drug-likeness (QED) is 0.775. The molecule has 0 bridgehead atoms. The molecular formula is C9H14BrN3O3S2. The minimum absolute atomic E-state index is 0.150. The molecule has 0 aromatic carbocycles. The lowest BCUT2D eigenvalue weighted by molar-refractivity contribution is 0.217. The van der Waals surface area contributed by atoms with Gasteiger partial charge in [-0.2, -0.15) is 0 Å². The van der Waals surface area contributed by atoms with Crippen LogP contribution in [0.5, 0.6) is 0 Å². The maximum Gasteiger partial charge on any atom is 0.316 e. The number of nitrogens with one attached hydrogen (secondary N) is 2. The van der Waals surface area contributed by atoms with E-state index < -0.39 is 10.0 Å². The van der Waals surface area contributed by atoms with Crippen molar-refractivity contribution in [2.45, 2.75) is 4.21 Å². The molecule has 0 aliphatic rings. The maximum absolute atomic E-state index is 11.8. The molecule has 2 amide bonds. The molecular weight excluding hydrogens is 342 g/mol. The minimum atomic E-state index is -3.48. The minimum Gasteiger partial charge on any atom is -0.337 e. The highest BCUT2D eigenvalue weighted by Gasteiger charge is 2.15. The van der Waals surface area contributed by atoms with Crippen LogP contribution in [0, 0.1) is 0 Å². The number of halogens is 1. The molecule has 2 N–H and O–H groups in total. The van der Waals surface area contributed by atoms with Crippen LogP contribution in [0.4, 0.5) is 4.79 Å². The van der Waals surface area contributed by atoms with Gasteiger partial charge in [-0.1, -0.05) is 0 Å². The van der Waals surface area contributed by atoms with E-state index in [0.717, 1.165) is 15.1 Å². The topological polar surface area (TPSA) is 78.5 Å². The second-order valence-electron chi connectivity index (χ2n) is 3.58. The molecule has 102 valence electrons. The van der Waals surface area contributed by atoms with E-state index >= 15 is 0 Å².